The molecule has 0 saturated heterocycles. The van der Waals surface area contributed by atoms with E-state index in [0.717, 1.165) is 16.7 Å². The molecule has 0 aliphatic carbocycles. The van der Waals surface area contributed by atoms with E-state index in [4.69, 9.17) is 4.74 Å². The fraction of sp³-hybridized carbons (Fsp3) is 0.300. The summed E-state index contributed by atoms with van der Waals surface area (Å²) < 4.78 is 31.3. The first-order chi connectivity index (χ1) is 13.1. The fourth-order valence-electron chi connectivity index (χ4n) is 2.55. The number of rotatable bonds is 7. The molecule has 2 N–H and O–H groups in total. The highest BCUT2D eigenvalue weighted by Crippen LogP contribution is 2.20. The molecule has 0 unspecified atom stereocenters. The molecule has 2 aromatic carbocycles. The van der Waals surface area contributed by atoms with Gasteiger partial charge in [-0.3, -0.25) is 9.59 Å². The highest BCUT2D eigenvalue weighted by atomic mass is 32.2. The Hall–Kier alpha value is -2.71. The maximum atomic E-state index is 12.0. The molecule has 28 heavy (non-hydrogen) atoms. The normalized spacial score (nSPS) is 11.1. The summed E-state index contributed by atoms with van der Waals surface area (Å²) in [6.45, 7) is 5.15. The monoisotopic (exact) mass is 404 g/mol. The largest absolute Gasteiger partial charge is 0.455 e. The summed E-state index contributed by atoms with van der Waals surface area (Å²) in [6, 6.07) is 10.2. The number of aryl methyl sites for hydroxylation is 3. The van der Waals surface area contributed by atoms with E-state index in [9.17, 15) is 18.0 Å². The number of benzene rings is 2. The highest BCUT2D eigenvalue weighted by molar-refractivity contribution is 7.89. The molecule has 0 heterocycles. The lowest BCUT2D eigenvalue weighted by Crippen LogP contribution is -2.23. The second-order valence-corrected chi connectivity index (χ2v) is 8.35. The van der Waals surface area contributed by atoms with Crippen molar-refractivity contribution in [1.82, 2.24) is 4.72 Å². The highest BCUT2D eigenvalue weighted by Gasteiger charge is 2.16. The molecule has 0 spiro atoms. The third-order valence-corrected chi connectivity index (χ3v) is 5.87. The summed E-state index contributed by atoms with van der Waals surface area (Å²) in [6.07, 6.45) is 0.0729. The first-order valence-corrected chi connectivity index (χ1v) is 10.2. The number of hydrogen-bond donors (Lipinski definition) is 2. The smallest absolute Gasteiger partial charge is 0.310 e. The predicted octanol–water partition coefficient (Wildman–Crippen LogP) is 2.24. The molecule has 0 aromatic heterocycles. The van der Waals surface area contributed by atoms with E-state index in [1.54, 1.807) is 19.1 Å². The van der Waals surface area contributed by atoms with Crippen molar-refractivity contribution in [2.75, 3.05) is 19.0 Å². The minimum atomic E-state index is -3.64. The van der Waals surface area contributed by atoms with E-state index in [-0.39, 0.29) is 11.3 Å². The number of anilines is 1. The Morgan fingerprint density at radius 3 is 2.29 bits per heavy atom. The van der Waals surface area contributed by atoms with Crippen LogP contribution in [-0.4, -0.2) is 33.9 Å². The summed E-state index contributed by atoms with van der Waals surface area (Å²) >= 11 is 0. The summed E-state index contributed by atoms with van der Waals surface area (Å²) in [5, 5.41) is 2.53. The summed E-state index contributed by atoms with van der Waals surface area (Å²) in [5.41, 5.74) is 3.87. The Morgan fingerprint density at radius 1 is 0.964 bits per heavy atom. The van der Waals surface area contributed by atoms with Gasteiger partial charge in [0.1, 0.15) is 0 Å². The van der Waals surface area contributed by atoms with Gasteiger partial charge in [0.2, 0.25) is 10.0 Å². The van der Waals surface area contributed by atoms with Gasteiger partial charge in [-0.15, -0.1) is 0 Å². The Bertz CT molecular complexity index is 1000. The van der Waals surface area contributed by atoms with Crippen LogP contribution in [0.5, 0.6) is 0 Å². The third kappa shape index (κ3) is 5.64. The summed E-state index contributed by atoms with van der Waals surface area (Å²) in [5.74, 6) is -1.06. The van der Waals surface area contributed by atoms with E-state index in [0.29, 0.717) is 11.3 Å². The van der Waals surface area contributed by atoms with Crippen molar-refractivity contribution in [1.29, 1.82) is 0 Å². The SMILES string of the molecule is CNS(=O)(=O)c1cc(NC(=O)COC(=O)Cc2ccc(C)c(C)c2)ccc1C. The number of sulfonamides is 1. The van der Waals surface area contributed by atoms with Gasteiger partial charge in [0.15, 0.2) is 6.61 Å². The third-order valence-electron chi connectivity index (χ3n) is 4.31. The average molecular weight is 404 g/mol. The van der Waals surface area contributed by atoms with Crippen LogP contribution in [0.25, 0.3) is 0 Å². The van der Waals surface area contributed by atoms with Crippen LogP contribution in [0, 0.1) is 20.8 Å². The second kappa shape index (κ2) is 8.99. The fourth-order valence-corrected chi connectivity index (χ4v) is 3.55. The van der Waals surface area contributed by atoms with Crippen LogP contribution in [0.15, 0.2) is 41.3 Å². The van der Waals surface area contributed by atoms with Crippen molar-refractivity contribution in [3.05, 3.63) is 58.7 Å². The molecule has 0 fully saturated rings. The Morgan fingerprint density at radius 2 is 1.64 bits per heavy atom. The molecule has 7 nitrogen and oxygen atoms in total. The van der Waals surface area contributed by atoms with Gasteiger partial charge in [-0.1, -0.05) is 24.3 Å². The van der Waals surface area contributed by atoms with Gasteiger partial charge >= 0.3 is 5.97 Å². The number of carbonyl (C=O) groups is 2. The molecule has 0 aliphatic heterocycles. The second-order valence-electron chi connectivity index (χ2n) is 6.49. The van der Waals surface area contributed by atoms with Gasteiger partial charge in [-0.2, -0.15) is 0 Å². The number of nitrogens with one attached hydrogen (secondary N) is 2. The summed E-state index contributed by atoms with van der Waals surface area (Å²) in [7, 11) is -2.33. The van der Waals surface area contributed by atoms with Crippen LogP contribution in [-0.2, 0) is 30.8 Å². The molecular weight excluding hydrogens is 380 g/mol. The number of esters is 1. The van der Waals surface area contributed by atoms with Crippen molar-refractivity contribution < 1.29 is 22.7 Å². The van der Waals surface area contributed by atoms with E-state index in [2.05, 4.69) is 10.0 Å². The van der Waals surface area contributed by atoms with Gasteiger partial charge in [0.25, 0.3) is 5.91 Å². The van der Waals surface area contributed by atoms with E-state index < -0.39 is 28.5 Å². The lowest BCUT2D eigenvalue weighted by molar-refractivity contribution is -0.146. The number of ether oxygens (including phenoxy) is 1. The van der Waals surface area contributed by atoms with Gasteiger partial charge in [0.05, 0.1) is 11.3 Å². The standard InChI is InChI=1S/C20H24N2O5S/c1-13-5-7-16(9-15(13)3)10-20(24)27-12-19(23)22-17-8-6-14(2)18(11-17)28(25,26)21-4/h5-9,11,21H,10,12H2,1-4H3,(H,22,23). The first kappa shape index (κ1) is 21.6. The topological polar surface area (TPSA) is 102 Å². The lowest BCUT2D eigenvalue weighted by atomic mass is 10.0. The average Bonchev–Trinajstić information content (AvgIpc) is 2.64. The Kier molecular flexibility index (Phi) is 6.93. The Balaban J connectivity index is 1.94. The molecule has 1 amide bonds. The van der Waals surface area contributed by atoms with E-state index in [1.807, 2.05) is 32.0 Å². The molecule has 2 rings (SSSR count). The predicted molar refractivity (Wildman–Crippen MR) is 107 cm³/mol. The zero-order valence-corrected chi connectivity index (χ0v) is 17.1. The van der Waals surface area contributed by atoms with Gasteiger partial charge in [0, 0.05) is 5.69 Å². The van der Waals surface area contributed by atoms with Crippen molar-refractivity contribution >= 4 is 27.6 Å². The molecule has 0 radical (unpaired) electrons. The van der Waals surface area contributed by atoms with Crippen LogP contribution in [0.3, 0.4) is 0 Å². The van der Waals surface area contributed by atoms with Crippen LogP contribution in [0.1, 0.15) is 22.3 Å². The summed E-state index contributed by atoms with van der Waals surface area (Å²) in [4.78, 5) is 24.0. The number of hydrogen-bond acceptors (Lipinski definition) is 5. The minimum absolute atomic E-state index is 0.0690. The minimum Gasteiger partial charge on any atom is -0.455 e. The molecule has 0 aliphatic rings. The van der Waals surface area contributed by atoms with Crippen LogP contribution >= 0.6 is 0 Å². The van der Waals surface area contributed by atoms with E-state index >= 15 is 0 Å². The lowest BCUT2D eigenvalue weighted by Gasteiger charge is -2.11. The van der Waals surface area contributed by atoms with Crippen molar-refractivity contribution in [2.45, 2.75) is 32.1 Å². The maximum absolute atomic E-state index is 12.0. The number of carbonyl (C=O) groups excluding carboxylic acids is 2. The quantitative estimate of drug-likeness (QED) is 0.689. The van der Waals surface area contributed by atoms with Gasteiger partial charge in [-0.25, -0.2) is 13.1 Å². The molecule has 0 saturated carbocycles. The van der Waals surface area contributed by atoms with Crippen LogP contribution < -0.4 is 10.0 Å². The van der Waals surface area contributed by atoms with Gasteiger partial charge < -0.3 is 10.1 Å². The zero-order chi connectivity index (χ0) is 20.9. The zero-order valence-electron chi connectivity index (χ0n) is 16.3. The van der Waals surface area contributed by atoms with Crippen molar-refractivity contribution in [3.8, 4) is 0 Å². The van der Waals surface area contributed by atoms with Crippen LogP contribution in [0.2, 0.25) is 0 Å². The molecule has 2 aromatic rings. The first-order valence-electron chi connectivity index (χ1n) is 8.68. The molecule has 8 heteroatoms. The van der Waals surface area contributed by atoms with E-state index in [1.165, 1.54) is 13.1 Å². The maximum Gasteiger partial charge on any atom is 0.310 e. The molecule has 0 bridgehead atoms. The van der Waals surface area contributed by atoms with Gasteiger partial charge in [-0.05, 0) is 62.2 Å². The Labute approximate surface area is 165 Å². The molecule has 150 valence electrons. The molecular formula is C20H24N2O5S. The van der Waals surface area contributed by atoms with Crippen LogP contribution in [0.4, 0.5) is 5.69 Å². The van der Waals surface area contributed by atoms with Crippen molar-refractivity contribution in [3.63, 3.8) is 0 Å². The molecule has 0 atom stereocenters. The number of amides is 1. The van der Waals surface area contributed by atoms with Crippen molar-refractivity contribution in [2.24, 2.45) is 0 Å².